The summed E-state index contributed by atoms with van der Waals surface area (Å²) in [7, 11) is 0. The summed E-state index contributed by atoms with van der Waals surface area (Å²) in [6.07, 6.45) is 4.74. The SMILES string of the molecule is C1NCC2CC1C2.CS. The Morgan fingerprint density at radius 2 is 1.56 bits per heavy atom. The molecular weight excluding hydrogens is 130 g/mol. The zero-order valence-corrected chi connectivity index (χ0v) is 6.82. The van der Waals surface area contributed by atoms with E-state index < -0.39 is 0 Å². The molecule has 2 aliphatic heterocycles. The Morgan fingerprint density at radius 1 is 1.11 bits per heavy atom. The van der Waals surface area contributed by atoms with Gasteiger partial charge in [0, 0.05) is 0 Å². The van der Waals surface area contributed by atoms with Gasteiger partial charge in [0.1, 0.15) is 0 Å². The number of hydrogen-bond acceptors (Lipinski definition) is 2. The van der Waals surface area contributed by atoms with Gasteiger partial charge < -0.3 is 5.32 Å². The van der Waals surface area contributed by atoms with E-state index in [1.54, 1.807) is 6.26 Å². The number of nitrogens with one attached hydrogen (secondary N) is 1. The van der Waals surface area contributed by atoms with Crippen molar-refractivity contribution in [1.29, 1.82) is 0 Å². The molecule has 54 valence electrons. The van der Waals surface area contributed by atoms with Crippen molar-refractivity contribution in [1.82, 2.24) is 5.32 Å². The molecule has 0 spiro atoms. The van der Waals surface area contributed by atoms with E-state index in [0.717, 1.165) is 11.8 Å². The first-order valence-corrected chi connectivity index (χ1v) is 4.50. The van der Waals surface area contributed by atoms with Gasteiger partial charge in [-0.2, -0.15) is 12.6 Å². The van der Waals surface area contributed by atoms with Crippen LogP contribution >= 0.6 is 12.6 Å². The summed E-state index contributed by atoms with van der Waals surface area (Å²) in [4.78, 5) is 0. The molecule has 9 heavy (non-hydrogen) atoms. The monoisotopic (exact) mass is 145 g/mol. The first-order valence-electron chi connectivity index (χ1n) is 3.60. The van der Waals surface area contributed by atoms with Crippen molar-refractivity contribution in [3.8, 4) is 0 Å². The van der Waals surface area contributed by atoms with Crippen molar-refractivity contribution >= 4 is 12.6 Å². The summed E-state index contributed by atoms with van der Waals surface area (Å²) >= 11 is 3.53. The Bertz CT molecular complexity index is 65.5. The van der Waals surface area contributed by atoms with Crippen molar-refractivity contribution in [2.45, 2.75) is 12.8 Å². The van der Waals surface area contributed by atoms with Crippen LogP contribution < -0.4 is 5.32 Å². The highest BCUT2D eigenvalue weighted by molar-refractivity contribution is 7.79. The van der Waals surface area contributed by atoms with Crippen molar-refractivity contribution in [3.63, 3.8) is 0 Å². The highest BCUT2D eigenvalue weighted by atomic mass is 32.1. The highest BCUT2D eigenvalue weighted by Gasteiger charge is 2.32. The van der Waals surface area contributed by atoms with E-state index in [1.165, 1.54) is 25.9 Å². The molecule has 0 atom stereocenters. The lowest BCUT2D eigenvalue weighted by molar-refractivity contribution is 0.135. The quantitative estimate of drug-likeness (QED) is 0.487. The zero-order chi connectivity index (χ0) is 6.69. The molecule has 0 radical (unpaired) electrons. The molecule has 0 amide bonds. The van der Waals surface area contributed by atoms with Crippen LogP contribution in [0.15, 0.2) is 0 Å². The van der Waals surface area contributed by atoms with Gasteiger partial charge in [-0.15, -0.1) is 0 Å². The highest BCUT2D eigenvalue weighted by Crippen LogP contribution is 2.35. The van der Waals surface area contributed by atoms with Gasteiger partial charge in [0.15, 0.2) is 0 Å². The van der Waals surface area contributed by atoms with E-state index in [1.807, 2.05) is 0 Å². The van der Waals surface area contributed by atoms with Gasteiger partial charge in [0.05, 0.1) is 0 Å². The normalized spacial score (nSPS) is 38.0. The molecule has 0 aromatic carbocycles. The molecule has 2 heterocycles. The van der Waals surface area contributed by atoms with Crippen molar-refractivity contribution in [2.75, 3.05) is 19.3 Å². The second-order valence-corrected chi connectivity index (χ2v) is 2.86. The van der Waals surface area contributed by atoms with Gasteiger partial charge >= 0.3 is 0 Å². The lowest BCUT2D eigenvalue weighted by Crippen LogP contribution is -2.45. The molecule has 2 saturated heterocycles. The summed E-state index contributed by atoms with van der Waals surface area (Å²) in [5.41, 5.74) is 0. The standard InChI is InChI=1S/C6H11N.CH4S/c1-5-2-6(1)4-7-3-5;1-2/h5-7H,1-4H2;2H,1H3. The van der Waals surface area contributed by atoms with Crippen LogP contribution in [0.25, 0.3) is 0 Å². The van der Waals surface area contributed by atoms with Gasteiger partial charge in [-0.1, -0.05) is 0 Å². The largest absolute Gasteiger partial charge is 0.316 e. The summed E-state index contributed by atoms with van der Waals surface area (Å²) in [5.74, 6) is 2.14. The maximum Gasteiger partial charge on any atom is -0.00202 e. The van der Waals surface area contributed by atoms with Crippen molar-refractivity contribution in [2.24, 2.45) is 11.8 Å². The first kappa shape index (κ1) is 7.42. The van der Waals surface area contributed by atoms with E-state index in [-0.39, 0.29) is 0 Å². The van der Waals surface area contributed by atoms with Crippen LogP contribution in [-0.2, 0) is 0 Å². The molecule has 1 saturated carbocycles. The lowest BCUT2D eigenvalue weighted by Gasteiger charge is -2.41. The van der Waals surface area contributed by atoms with Crippen LogP contribution in [0, 0.1) is 11.8 Å². The molecule has 1 N–H and O–H groups in total. The summed E-state index contributed by atoms with van der Waals surface area (Å²) in [6, 6.07) is 0. The fourth-order valence-electron chi connectivity index (χ4n) is 1.70. The Labute approximate surface area is 62.6 Å². The average molecular weight is 145 g/mol. The maximum absolute atomic E-state index is 3.53. The fourth-order valence-corrected chi connectivity index (χ4v) is 1.70. The Hall–Kier alpha value is 0.310. The Balaban J connectivity index is 0.000000186. The van der Waals surface area contributed by atoms with E-state index in [0.29, 0.717) is 0 Å². The molecule has 1 nitrogen and oxygen atoms in total. The minimum atomic E-state index is 1.07. The molecule has 0 unspecified atom stereocenters. The van der Waals surface area contributed by atoms with Crippen LogP contribution in [0.2, 0.25) is 0 Å². The van der Waals surface area contributed by atoms with Gasteiger partial charge in [0.2, 0.25) is 0 Å². The third-order valence-electron chi connectivity index (χ3n) is 2.20. The average Bonchev–Trinajstić information content (AvgIpc) is 1.93. The van der Waals surface area contributed by atoms with Crippen LogP contribution in [0.5, 0.6) is 0 Å². The molecule has 0 aromatic heterocycles. The minimum Gasteiger partial charge on any atom is -0.316 e. The van der Waals surface area contributed by atoms with Gasteiger partial charge in [0.25, 0.3) is 0 Å². The van der Waals surface area contributed by atoms with E-state index in [4.69, 9.17) is 0 Å². The summed E-state index contributed by atoms with van der Waals surface area (Å²) in [6.45, 7) is 2.60. The molecule has 3 aliphatic rings. The predicted molar refractivity (Wildman–Crippen MR) is 44.0 cm³/mol. The predicted octanol–water partition coefficient (Wildman–Crippen LogP) is 1.16. The third kappa shape index (κ3) is 1.62. The van der Waals surface area contributed by atoms with Gasteiger partial charge in [-0.05, 0) is 44.0 Å². The summed E-state index contributed by atoms with van der Waals surface area (Å²) in [5, 5.41) is 3.38. The second kappa shape index (κ2) is 3.47. The zero-order valence-electron chi connectivity index (χ0n) is 5.93. The summed E-state index contributed by atoms with van der Waals surface area (Å²) < 4.78 is 0. The molecule has 2 bridgehead atoms. The van der Waals surface area contributed by atoms with E-state index in [2.05, 4.69) is 17.9 Å². The van der Waals surface area contributed by atoms with Gasteiger partial charge in [-0.25, -0.2) is 0 Å². The minimum absolute atomic E-state index is 1.07. The molecule has 1 aliphatic carbocycles. The van der Waals surface area contributed by atoms with Crippen molar-refractivity contribution < 1.29 is 0 Å². The number of thiol groups is 1. The molecule has 3 fully saturated rings. The molecule has 0 aromatic rings. The first-order chi connectivity index (χ1) is 4.45. The van der Waals surface area contributed by atoms with E-state index >= 15 is 0 Å². The van der Waals surface area contributed by atoms with E-state index in [9.17, 15) is 0 Å². The number of rotatable bonds is 0. The van der Waals surface area contributed by atoms with Gasteiger partial charge in [-0.3, -0.25) is 0 Å². The van der Waals surface area contributed by atoms with Crippen LogP contribution in [0.4, 0.5) is 0 Å². The van der Waals surface area contributed by atoms with Crippen LogP contribution in [0.3, 0.4) is 0 Å². The smallest absolute Gasteiger partial charge is 0.00202 e. The Kier molecular flexibility index (Phi) is 2.86. The number of piperidine rings is 2. The Morgan fingerprint density at radius 3 is 1.67 bits per heavy atom. The van der Waals surface area contributed by atoms with Crippen LogP contribution in [0.1, 0.15) is 12.8 Å². The topological polar surface area (TPSA) is 12.0 Å². The number of fused-ring (bicyclic) bond motifs is 2. The van der Waals surface area contributed by atoms with Crippen molar-refractivity contribution in [3.05, 3.63) is 0 Å². The molecule has 2 heteroatoms. The number of hydrogen-bond donors (Lipinski definition) is 2. The molecule has 3 rings (SSSR count). The fraction of sp³-hybridized carbons (Fsp3) is 1.00. The molecular formula is C7H15NS. The second-order valence-electron chi connectivity index (χ2n) is 2.86. The lowest BCUT2D eigenvalue weighted by atomic mass is 9.72. The van der Waals surface area contributed by atoms with Crippen LogP contribution in [-0.4, -0.2) is 19.3 Å². The maximum atomic E-state index is 3.53. The third-order valence-corrected chi connectivity index (χ3v) is 2.20.